The molecule has 0 aliphatic carbocycles. The Morgan fingerprint density at radius 1 is 1.25 bits per heavy atom. The van der Waals surface area contributed by atoms with E-state index in [1.165, 1.54) is 0 Å². The van der Waals surface area contributed by atoms with Crippen LogP contribution in [0, 0.1) is 11.3 Å². The highest BCUT2D eigenvalue weighted by Gasteiger charge is 2.26. The molecule has 1 unspecified atom stereocenters. The summed E-state index contributed by atoms with van der Waals surface area (Å²) in [5.74, 6) is 1.52. The van der Waals surface area contributed by atoms with Crippen molar-refractivity contribution in [2.24, 2.45) is 5.10 Å². The summed E-state index contributed by atoms with van der Waals surface area (Å²) in [4.78, 5) is 13.8. The highest BCUT2D eigenvalue weighted by molar-refractivity contribution is 5.66. The molecule has 8 heteroatoms. The lowest BCUT2D eigenvalue weighted by atomic mass is 10.0. The number of nitriles is 1. The van der Waals surface area contributed by atoms with Crippen molar-refractivity contribution < 1.29 is 0 Å². The van der Waals surface area contributed by atoms with E-state index in [9.17, 15) is 0 Å². The number of hydrogen-bond acceptors (Lipinski definition) is 7. The van der Waals surface area contributed by atoms with Crippen molar-refractivity contribution in [2.75, 3.05) is 5.01 Å². The molecule has 3 aromatic heterocycles. The number of aromatic nitrogens is 5. The minimum absolute atomic E-state index is 0.112. The zero-order chi connectivity index (χ0) is 19.5. The van der Waals surface area contributed by atoms with Gasteiger partial charge in [-0.1, -0.05) is 26.3 Å². The zero-order valence-corrected chi connectivity index (χ0v) is 16.1. The molecule has 1 aliphatic heterocycles. The number of anilines is 1. The van der Waals surface area contributed by atoms with Crippen LogP contribution in [0.25, 0.3) is 5.65 Å². The van der Waals surface area contributed by atoms with Crippen LogP contribution in [0.5, 0.6) is 0 Å². The maximum Gasteiger partial charge on any atom is 0.162 e. The van der Waals surface area contributed by atoms with Gasteiger partial charge in [0.15, 0.2) is 17.3 Å². The number of nitrogens with zero attached hydrogens (tertiary/aromatic N) is 8. The van der Waals surface area contributed by atoms with Gasteiger partial charge in [0.1, 0.15) is 18.1 Å². The summed E-state index contributed by atoms with van der Waals surface area (Å²) < 4.78 is 1.79. The van der Waals surface area contributed by atoms with Crippen molar-refractivity contribution >= 4 is 17.7 Å². The van der Waals surface area contributed by atoms with Crippen LogP contribution in [-0.4, -0.2) is 36.8 Å². The van der Waals surface area contributed by atoms with Crippen molar-refractivity contribution in [3.63, 3.8) is 0 Å². The normalized spacial score (nSPS) is 16.0. The predicted molar refractivity (Wildman–Crippen MR) is 106 cm³/mol. The van der Waals surface area contributed by atoms with Gasteiger partial charge in [0.25, 0.3) is 0 Å². The summed E-state index contributed by atoms with van der Waals surface area (Å²) in [7, 11) is 0. The number of pyridine rings is 1. The van der Waals surface area contributed by atoms with Crippen molar-refractivity contribution in [3.05, 3.63) is 47.3 Å². The topological polar surface area (TPSA) is 95.4 Å². The van der Waals surface area contributed by atoms with E-state index in [0.717, 1.165) is 54.8 Å². The highest BCUT2D eigenvalue weighted by Crippen LogP contribution is 2.25. The molecule has 0 aromatic carbocycles. The molecule has 0 bridgehead atoms. The van der Waals surface area contributed by atoms with Crippen LogP contribution in [0.1, 0.15) is 49.5 Å². The molecular weight excluding hydrogens is 352 g/mol. The molecule has 3 aromatic rings. The van der Waals surface area contributed by atoms with Gasteiger partial charge in [0, 0.05) is 31.0 Å². The summed E-state index contributed by atoms with van der Waals surface area (Å²) in [6.07, 6.45) is 7.92. The monoisotopic (exact) mass is 374 g/mol. The van der Waals surface area contributed by atoms with Crippen molar-refractivity contribution in [1.29, 1.82) is 5.26 Å². The van der Waals surface area contributed by atoms with Crippen LogP contribution >= 0.6 is 0 Å². The van der Waals surface area contributed by atoms with Crippen molar-refractivity contribution in [2.45, 2.75) is 52.0 Å². The summed E-state index contributed by atoms with van der Waals surface area (Å²) in [6, 6.07) is 7.61. The van der Waals surface area contributed by atoms with E-state index in [2.05, 4.69) is 35.1 Å². The fraction of sp³-hybridized carbons (Fsp3) is 0.400. The Labute approximate surface area is 163 Å². The van der Waals surface area contributed by atoms with Crippen LogP contribution in [0.4, 0.5) is 5.82 Å². The second-order valence-electron chi connectivity index (χ2n) is 6.80. The molecule has 8 nitrogen and oxygen atoms in total. The van der Waals surface area contributed by atoms with Crippen LogP contribution in [-0.2, 0) is 19.3 Å². The molecule has 0 spiro atoms. The lowest BCUT2D eigenvalue weighted by molar-refractivity contribution is 0.633. The number of aryl methyl sites for hydroxylation is 2. The first-order chi connectivity index (χ1) is 13.7. The molecule has 0 N–H and O–H groups in total. The van der Waals surface area contributed by atoms with Gasteiger partial charge in [0.2, 0.25) is 0 Å². The zero-order valence-electron chi connectivity index (χ0n) is 16.1. The van der Waals surface area contributed by atoms with E-state index in [1.807, 2.05) is 23.4 Å². The Kier molecular flexibility index (Phi) is 4.98. The van der Waals surface area contributed by atoms with Crippen molar-refractivity contribution in [1.82, 2.24) is 24.6 Å². The Hall–Kier alpha value is -3.34. The first-order valence-corrected chi connectivity index (χ1v) is 9.64. The van der Waals surface area contributed by atoms with Crippen molar-refractivity contribution in [3.8, 4) is 6.07 Å². The Bertz CT molecular complexity index is 1060. The maximum absolute atomic E-state index is 9.13. The fourth-order valence-electron chi connectivity index (χ4n) is 3.52. The smallest absolute Gasteiger partial charge is 0.162 e. The van der Waals surface area contributed by atoms with Gasteiger partial charge in [-0.3, -0.25) is 0 Å². The SMILES string of the molecule is CCCc1c(CC2CC=NN2c2cccc(C#N)n2)ncn2nc(CC)nc12. The number of hydrogen-bond donors (Lipinski definition) is 0. The Balaban J connectivity index is 1.67. The first-order valence-electron chi connectivity index (χ1n) is 9.64. The first kappa shape index (κ1) is 18.0. The second-order valence-corrected chi connectivity index (χ2v) is 6.80. The van der Waals surface area contributed by atoms with E-state index in [-0.39, 0.29) is 6.04 Å². The van der Waals surface area contributed by atoms with E-state index in [4.69, 9.17) is 15.2 Å². The van der Waals surface area contributed by atoms with Gasteiger partial charge < -0.3 is 0 Å². The molecule has 142 valence electrons. The van der Waals surface area contributed by atoms with Gasteiger partial charge >= 0.3 is 0 Å². The highest BCUT2D eigenvalue weighted by atomic mass is 15.5. The molecule has 0 amide bonds. The van der Waals surface area contributed by atoms with Gasteiger partial charge in [-0.05, 0) is 18.6 Å². The molecule has 0 saturated carbocycles. The Morgan fingerprint density at radius 2 is 2.14 bits per heavy atom. The third kappa shape index (κ3) is 3.31. The van der Waals surface area contributed by atoms with E-state index < -0.39 is 0 Å². The van der Waals surface area contributed by atoms with Gasteiger partial charge in [-0.15, -0.1) is 5.10 Å². The molecule has 4 rings (SSSR count). The van der Waals surface area contributed by atoms with Gasteiger partial charge in [-0.25, -0.2) is 24.5 Å². The summed E-state index contributed by atoms with van der Waals surface area (Å²) in [6.45, 7) is 4.21. The van der Waals surface area contributed by atoms with E-state index in [1.54, 1.807) is 16.9 Å². The van der Waals surface area contributed by atoms with Crippen LogP contribution in [0.3, 0.4) is 0 Å². The molecule has 1 aliphatic rings. The molecule has 0 fully saturated rings. The van der Waals surface area contributed by atoms with Crippen LogP contribution in [0.2, 0.25) is 0 Å². The molecule has 4 heterocycles. The molecular formula is C20H22N8. The third-order valence-electron chi connectivity index (χ3n) is 4.87. The molecule has 28 heavy (non-hydrogen) atoms. The number of rotatable bonds is 6. The quantitative estimate of drug-likeness (QED) is 0.658. The maximum atomic E-state index is 9.13. The minimum atomic E-state index is 0.112. The lowest BCUT2D eigenvalue weighted by Gasteiger charge is -2.23. The molecule has 0 radical (unpaired) electrons. The number of fused-ring (bicyclic) bond motifs is 1. The van der Waals surface area contributed by atoms with Gasteiger partial charge in [0.05, 0.1) is 11.7 Å². The molecule has 0 saturated heterocycles. The van der Waals surface area contributed by atoms with E-state index >= 15 is 0 Å². The predicted octanol–water partition coefficient (Wildman–Crippen LogP) is 2.71. The fourth-order valence-corrected chi connectivity index (χ4v) is 3.52. The molecule has 1 atom stereocenters. The second kappa shape index (κ2) is 7.72. The van der Waals surface area contributed by atoms with E-state index in [0.29, 0.717) is 11.5 Å². The average Bonchev–Trinajstić information content (AvgIpc) is 3.36. The van der Waals surface area contributed by atoms with Gasteiger partial charge in [-0.2, -0.15) is 10.4 Å². The number of hydrazone groups is 1. The Morgan fingerprint density at radius 3 is 2.93 bits per heavy atom. The summed E-state index contributed by atoms with van der Waals surface area (Å²) in [5, 5.41) is 20.0. The van der Waals surface area contributed by atoms with Crippen LogP contribution in [0.15, 0.2) is 29.6 Å². The third-order valence-corrected chi connectivity index (χ3v) is 4.87. The average molecular weight is 374 g/mol. The minimum Gasteiger partial charge on any atom is -0.244 e. The largest absolute Gasteiger partial charge is 0.244 e. The lowest BCUT2D eigenvalue weighted by Crippen LogP contribution is -2.30. The summed E-state index contributed by atoms with van der Waals surface area (Å²) in [5.41, 5.74) is 3.48. The standard InChI is InChI=1S/C20H22N8/c1-3-6-16-17(22-13-27-20(16)25-18(4-2)26-27)11-15-9-10-23-28(15)19-8-5-7-14(12-21)24-19/h5,7-8,10,13,15H,3-4,6,9,11H2,1-2H3. The summed E-state index contributed by atoms with van der Waals surface area (Å²) >= 11 is 0. The van der Waals surface area contributed by atoms with Crippen LogP contribution < -0.4 is 5.01 Å².